The number of thioether (sulfide) groups is 1. The number of para-hydroxylation sites is 1. The van der Waals surface area contributed by atoms with Gasteiger partial charge in [0, 0.05) is 47.2 Å². The van der Waals surface area contributed by atoms with E-state index in [2.05, 4.69) is 10.2 Å². The van der Waals surface area contributed by atoms with Gasteiger partial charge in [0.25, 0.3) is 5.91 Å². The van der Waals surface area contributed by atoms with Crippen molar-refractivity contribution in [1.29, 1.82) is 0 Å². The van der Waals surface area contributed by atoms with Crippen molar-refractivity contribution in [2.75, 3.05) is 35.5 Å². The van der Waals surface area contributed by atoms with E-state index in [4.69, 9.17) is 4.74 Å². The Labute approximate surface area is 180 Å². The minimum Gasteiger partial charge on any atom is -0.497 e. The SMILES string of the molecule is CCN1C(=O)[C@]2(c3ccccc31)[C@H](C(=O)Nc1cccc(OC)c1)C[C@@H]1CSCN12. The highest BCUT2D eigenvalue weighted by Gasteiger charge is 2.67. The normalized spacial score (nSPS) is 27.4. The van der Waals surface area contributed by atoms with E-state index in [1.54, 1.807) is 13.2 Å². The maximum absolute atomic E-state index is 13.9. The summed E-state index contributed by atoms with van der Waals surface area (Å²) in [6, 6.07) is 15.5. The van der Waals surface area contributed by atoms with Gasteiger partial charge >= 0.3 is 0 Å². The molecule has 30 heavy (non-hydrogen) atoms. The molecule has 156 valence electrons. The van der Waals surface area contributed by atoms with Gasteiger partial charge in [-0.25, -0.2) is 0 Å². The summed E-state index contributed by atoms with van der Waals surface area (Å²) in [7, 11) is 1.60. The molecule has 2 amide bonds. The predicted octanol–water partition coefficient (Wildman–Crippen LogP) is 3.29. The summed E-state index contributed by atoms with van der Waals surface area (Å²) in [4.78, 5) is 31.6. The van der Waals surface area contributed by atoms with Crippen LogP contribution in [0.25, 0.3) is 0 Å². The van der Waals surface area contributed by atoms with E-state index in [0.29, 0.717) is 24.4 Å². The molecular weight excluding hydrogens is 398 g/mol. The smallest absolute Gasteiger partial charge is 0.253 e. The van der Waals surface area contributed by atoms with Gasteiger partial charge in [-0.05, 0) is 31.5 Å². The van der Waals surface area contributed by atoms with Crippen molar-refractivity contribution >= 4 is 35.0 Å². The van der Waals surface area contributed by atoms with Crippen LogP contribution in [0, 0.1) is 5.92 Å². The fraction of sp³-hybridized carbons (Fsp3) is 0.391. The Bertz CT molecular complexity index is 1010. The number of likely N-dealkylation sites (N-methyl/N-ethyl adjacent to an activating group) is 1. The molecule has 1 spiro atoms. The van der Waals surface area contributed by atoms with E-state index in [1.165, 1.54) is 0 Å². The van der Waals surface area contributed by atoms with E-state index in [0.717, 1.165) is 22.9 Å². The number of ether oxygens (including phenoxy) is 1. The van der Waals surface area contributed by atoms with Crippen molar-refractivity contribution in [3.63, 3.8) is 0 Å². The zero-order valence-electron chi connectivity index (χ0n) is 17.1. The molecule has 1 N–H and O–H groups in total. The highest BCUT2D eigenvalue weighted by atomic mass is 32.2. The van der Waals surface area contributed by atoms with Crippen molar-refractivity contribution in [2.24, 2.45) is 5.92 Å². The van der Waals surface area contributed by atoms with Crippen LogP contribution in [-0.2, 0) is 15.1 Å². The number of nitrogens with zero attached hydrogens (tertiary/aromatic N) is 2. The first-order chi connectivity index (χ1) is 14.6. The maximum atomic E-state index is 13.9. The molecule has 0 unspecified atom stereocenters. The van der Waals surface area contributed by atoms with Gasteiger partial charge in [0.1, 0.15) is 11.3 Å². The van der Waals surface area contributed by atoms with Gasteiger partial charge in [0.2, 0.25) is 5.91 Å². The number of nitrogens with one attached hydrogen (secondary N) is 1. The maximum Gasteiger partial charge on any atom is 0.253 e. The first-order valence-electron chi connectivity index (χ1n) is 10.3. The van der Waals surface area contributed by atoms with Crippen molar-refractivity contribution in [1.82, 2.24) is 4.90 Å². The van der Waals surface area contributed by atoms with Crippen LogP contribution in [0.3, 0.4) is 0 Å². The lowest BCUT2D eigenvalue weighted by Crippen LogP contribution is -2.55. The van der Waals surface area contributed by atoms with Gasteiger partial charge in [-0.3, -0.25) is 14.5 Å². The Kier molecular flexibility index (Phi) is 4.75. The average molecular weight is 424 g/mol. The van der Waals surface area contributed by atoms with Crippen LogP contribution in [0.1, 0.15) is 18.9 Å². The number of amides is 2. The molecule has 3 heterocycles. The van der Waals surface area contributed by atoms with Crippen LogP contribution < -0.4 is 15.0 Å². The summed E-state index contributed by atoms with van der Waals surface area (Å²) in [6.45, 7) is 2.58. The Morgan fingerprint density at radius 3 is 2.90 bits per heavy atom. The van der Waals surface area contributed by atoms with Gasteiger partial charge < -0.3 is 15.0 Å². The van der Waals surface area contributed by atoms with Crippen LogP contribution in [-0.4, -0.2) is 48.0 Å². The lowest BCUT2D eigenvalue weighted by Gasteiger charge is -2.36. The molecular formula is C23H25N3O3S. The van der Waals surface area contributed by atoms with Crippen LogP contribution in [0.4, 0.5) is 11.4 Å². The molecule has 2 aromatic rings. The fourth-order valence-electron chi connectivity index (χ4n) is 5.33. The zero-order chi connectivity index (χ0) is 20.9. The second kappa shape index (κ2) is 7.32. The van der Waals surface area contributed by atoms with E-state index in [-0.39, 0.29) is 17.9 Å². The number of hydrogen-bond acceptors (Lipinski definition) is 5. The molecule has 2 aromatic carbocycles. The number of hydrogen-bond donors (Lipinski definition) is 1. The minimum absolute atomic E-state index is 0.0296. The van der Waals surface area contributed by atoms with E-state index in [9.17, 15) is 9.59 Å². The average Bonchev–Trinajstić information content (AvgIpc) is 3.41. The molecule has 3 atom stereocenters. The van der Waals surface area contributed by atoms with Gasteiger partial charge in [0.05, 0.1) is 13.0 Å². The number of anilines is 2. The summed E-state index contributed by atoms with van der Waals surface area (Å²) in [5.41, 5.74) is 1.65. The molecule has 3 aliphatic rings. The molecule has 2 fully saturated rings. The number of rotatable bonds is 4. The Morgan fingerprint density at radius 2 is 2.10 bits per heavy atom. The van der Waals surface area contributed by atoms with Crippen molar-refractivity contribution in [3.05, 3.63) is 54.1 Å². The first kappa shape index (κ1) is 19.5. The molecule has 3 aliphatic heterocycles. The third-order valence-corrected chi connectivity index (χ3v) is 7.67. The van der Waals surface area contributed by atoms with Gasteiger partial charge in [-0.2, -0.15) is 0 Å². The molecule has 2 saturated heterocycles. The predicted molar refractivity (Wildman–Crippen MR) is 119 cm³/mol. The van der Waals surface area contributed by atoms with E-state index in [1.807, 2.05) is 66.1 Å². The van der Waals surface area contributed by atoms with Crippen LogP contribution in [0.5, 0.6) is 5.75 Å². The molecule has 7 heteroatoms. The Balaban J connectivity index is 1.58. The number of methoxy groups -OCH3 is 1. The van der Waals surface area contributed by atoms with Gasteiger partial charge in [0.15, 0.2) is 0 Å². The minimum atomic E-state index is -0.927. The lowest BCUT2D eigenvalue weighted by atomic mass is 9.79. The summed E-state index contributed by atoms with van der Waals surface area (Å²) >= 11 is 1.84. The van der Waals surface area contributed by atoms with Crippen molar-refractivity contribution in [2.45, 2.75) is 24.9 Å². The number of carbonyl (C=O) groups excluding carboxylic acids is 2. The molecule has 0 saturated carbocycles. The van der Waals surface area contributed by atoms with Crippen molar-refractivity contribution in [3.8, 4) is 5.75 Å². The van der Waals surface area contributed by atoms with Crippen LogP contribution in [0.2, 0.25) is 0 Å². The summed E-state index contributed by atoms with van der Waals surface area (Å²) in [5, 5.41) is 3.06. The molecule has 0 bridgehead atoms. The van der Waals surface area contributed by atoms with Crippen molar-refractivity contribution < 1.29 is 14.3 Å². The summed E-state index contributed by atoms with van der Waals surface area (Å²) in [6.07, 6.45) is 0.681. The van der Waals surface area contributed by atoms with Gasteiger partial charge in [-0.15, -0.1) is 11.8 Å². The van der Waals surface area contributed by atoms with E-state index >= 15 is 0 Å². The molecule has 0 aromatic heterocycles. The monoisotopic (exact) mass is 423 g/mol. The zero-order valence-corrected chi connectivity index (χ0v) is 17.9. The largest absolute Gasteiger partial charge is 0.497 e. The topological polar surface area (TPSA) is 61.9 Å². The standard InChI is InChI=1S/C23H25N3O3S/c1-3-25-20-10-5-4-9-18(20)23(22(25)28)19(12-16-13-30-14-26(16)23)21(27)24-15-7-6-8-17(11-15)29-2/h4-11,16,19H,3,12-14H2,1-2H3,(H,24,27)/t16-,19+,23+/m1/s1. The fourth-order valence-corrected chi connectivity index (χ4v) is 6.63. The molecule has 5 rings (SSSR count). The molecule has 0 aliphatic carbocycles. The van der Waals surface area contributed by atoms with Crippen LogP contribution in [0.15, 0.2) is 48.5 Å². The number of fused-ring (bicyclic) bond motifs is 4. The number of carbonyl (C=O) groups is 2. The highest BCUT2D eigenvalue weighted by Crippen LogP contribution is 2.57. The molecule has 6 nitrogen and oxygen atoms in total. The summed E-state index contributed by atoms with van der Waals surface area (Å²) in [5.74, 6) is 1.88. The highest BCUT2D eigenvalue weighted by molar-refractivity contribution is 7.99. The Morgan fingerprint density at radius 1 is 1.27 bits per heavy atom. The lowest BCUT2D eigenvalue weighted by molar-refractivity contribution is -0.136. The molecule has 0 radical (unpaired) electrons. The third-order valence-electron chi connectivity index (χ3n) is 6.59. The van der Waals surface area contributed by atoms with E-state index < -0.39 is 11.5 Å². The second-order valence-electron chi connectivity index (χ2n) is 7.97. The third kappa shape index (κ3) is 2.61. The summed E-state index contributed by atoms with van der Waals surface area (Å²) < 4.78 is 5.28. The first-order valence-corrected chi connectivity index (χ1v) is 11.5. The Hall–Kier alpha value is -2.51. The van der Waals surface area contributed by atoms with Gasteiger partial charge in [-0.1, -0.05) is 24.3 Å². The quantitative estimate of drug-likeness (QED) is 0.818. The number of benzene rings is 2. The second-order valence-corrected chi connectivity index (χ2v) is 8.97. The van der Waals surface area contributed by atoms with Crippen LogP contribution >= 0.6 is 11.8 Å².